The Bertz CT molecular complexity index is 887. The van der Waals surface area contributed by atoms with Gasteiger partial charge in [0.05, 0.1) is 13.2 Å². The highest BCUT2D eigenvalue weighted by molar-refractivity contribution is 5.96. The summed E-state index contributed by atoms with van der Waals surface area (Å²) in [7, 11) is 1.24. The predicted octanol–water partition coefficient (Wildman–Crippen LogP) is 3.05. The van der Waals surface area contributed by atoms with Crippen LogP contribution in [0.4, 0.5) is 13.2 Å². The third-order valence-corrected chi connectivity index (χ3v) is 3.77. The van der Waals surface area contributed by atoms with Crippen molar-refractivity contribution >= 4 is 11.7 Å². The maximum absolute atomic E-state index is 12.6. The van der Waals surface area contributed by atoms with Crippen LogP contribution >= 0.6 is 0 Å². The molecule has 2 aromatic heterocycles. The SMILES string of the molecule is COc1nc(OCC(F)(F)F)ccc1C(=O)NC(C)c1ccnc(CC(C)=O)c1. The molecule has 0 spiro atoms. The first-order valence-electron chi connectivity index (χ1n) is 8.58. The average Bonchev–Trinajstić information content (AvgIpc) is 2.65. The minimum Gasteiger partial charge on any atom is -0.480 e. The molecule has 0 aliphatic heterocycles. The number of Topliss-reactive ketones (excluding diaryl/α,β-unsaturated/α-hetero) is 1. The Morgan fingerprint density at radius 3 is 2.59 bits per heavy atom. The topological polar surface area (TPSA) is 90.4 Å². The molecule has 10 heteroatoms. The van der Waals surface area contributed by atoms with Crippen LogP contribution in [0, 0.1) is 0 Å². The number of hydrogen-bond donors (Lipinski definition) is 1. The number of ketones is 1. The normalized spacial score (nSPS) is 12.2. The van der Waals surface area contributed by atoms with E-state index in [1.54, 1.807) is 25.3 Å². The molecule has 2 rings (SSSR count). The number of nitrogens with zero attached hydrogens (tertiary/aromatic N) is 2. The van der Waals surface area contributed by atoms with Crippen LogP contribution in [0.25, 0.3) is 0 Å². The van der Waals surface area contributed by atoms with E-state index < -0.39 is 24.7 Å². The number of methoxy groups -OCH3 is 1. The molecule has 29 heavy (non-hydrogen) atoms. The summed E-state index contributed by atoms with van der Waals surface area (Å²) in [6, 6.07) is 5.43. The first kappa shape index (κ1) is 22.1. The zero-order valence-corrected chi connectivity index (χ0v) is 16.0. The molecular formula is C19H20F3N3O4. The molecule has 0 saturated carbocycles. The molecule has 1 atom stereocenters. The second-order valence-electron chi connectivity index (χ2n) is 6.26. The molecule has 1 N–H and O–H groups in total. The highest BCUT2D eigenvalue weighted by atomic mass is 19.4. The van der Waals surface area contributed by atoms with Gasteiger partial charge in [0.25, 0.3) is 5.91 Å². The van der Waals surface area contributed by atoms with Crippen LogP contribution in [0.5, 0.6) is 11.8 Å². The Balaban J connectivity index is 2.12. The third-order valence-electron chi connectivity index (χ3n) is 3.77. The van der Waals surface area contributed by atoms with E-state index in [0.717, 1.165) is 11.6 Å². The standard InChI is InChI=1S/C19H20F3N3O4/c1-11(26)8-14-9-13(6-7-23-14)12(2)24-17(27)15-4-5-16(25-18(15)28-3)29-10-19(20,21)22/h4-7,9,12H,8,10H2,1-3H3,(H,24,27). The predicted molar refractivity (Wildman–Crippen MR) is 96.8 cm³/mol. The number of alkyl halides is 3. The number of aromatic nitrogens is 2. The average molecular weight is 411 g/mol. The van der Waals surface area contributed by atoms with Gasteiger partial charge in [0.2, 0.25) is 11.8 Å². The lowest BCUT2D eigenvalue weighted by Crippen LogP contribution is -2.27. The minimum absolute atomic E-state index is 0.0324. The fourth-order valence-electron chi connectivity index (χ4n) is 2.46. The summed E-state index contributed by atoms with van der Waals surface area (Å²) in [4.78, 5) is 31.7. The summed E-state index contributed by atoms with van der Waals surface area (Å²) >= 11 is 0. The largest absolute Gasteiger partial charge is 0.480 e. The Hall–Kier alpha value is -3.17. The van der Waals surface area contributed by atoms with Gasteiger partial charge in [-0.1, -0.05) is 0 Å². The second-order valence-corrected chi connectivity index (χ2v) is 6.26. The molecule has 7 nitrogen and oxygen atoms in total. The van der Waals surface area contributed by atoms with Crippen molar-refractivity contribution in [3.05, 3.63) is 47.3 Å². The number of carbonyl (C=O) groups excluding carboxylic acids is 2. The molecule has 0 radical (unpaired) electrons. The van der Waals surface area contributed by atoms with E-state index in [1.165, 1.54) is 20.1 Å². The van der Waals surface area contributed by atoms with Gasteiger partial charge in [0, 0.05) is 24.4 Å². The number of rotatable bonds is 8. The van der Waals surface area contributed by atoms with Crippen LogP contribution < -0.4 is 14.8 Å². The number of halogens is 3. The molecular weight excluding hydrogens is 391 g/mol. The number of pyridine rings is 2. The summed E-state index contributed by atoms with van der Waals surface area (Å²) < 4.78 is 46.4. The molecule has 0 bridgehead atoms. The first-order chi connectivity index (χ1) is 13.6. The van der Waals surface area contributed by atoms with Crippen molar-refractivity contribution in [2.24, 2.45) is 0 Å². The summed E-state index contributed by atoms with van der Waals surface area (Å²) in [6.45, 7) is 1.70. The maximum atomic E-state index is 12.6. The number of ether oxygens (including phenoxy) is 2. The third kappa shape index (κ3) is 6.74. The number of hydrogen-bond acceptors (Lipinski definition) is 6. The summed E-state index contributed by atoms with van der Waals surface area (Å²) in [6.07, 6.45) is -2.77. The fourth-order valence-corrected chi connectivity index (χ4v) is 2.46. The van der Waals surface area contributed by atoms with Gasteiger partial charge < -0.3 is 14.8 Å². The van der Waals surface area contributed by atoms with Crippen molar-refractivity contribution in [3.63, 3.8) is 0 Å². The van der Waals surface area contributed by atoms with E-state index in [1.807, 2.05) is 0 Å². The van der Waals surface area contributed by atoms with Crippen molar-refractivity contribution in [3.8, 4) is 11.8 Å². The van der Waals surface area contributed by atoms with Gasteiger partial charge >= 0.3 is 6.18 Å². The van der Waals surface area contributed by atoms with E-state index in [9.17, 15) is 22.8 Å². The Morgan fingerprint density at radius 1 is 1.24 bits per heavy atom. The molecule has 2 aromatic rings. The lowest BCUT2D eigenvalue weighted by atomic mass is 10.1. The molecule has 0 fully saturated rings. The van der Waals surface area contributed by atoms with Gasteiger partial charge in [-0.25, -0.2) is 0 Å². The van der Waals surface area contributed by atoms with Crippen molar-refractivity contribution in [1.82, 2.24) is 15.3 Å². The van der Waals surface area contributed by atoms with Crippen LogP contribution in [0.2, 0.25) is 0 Å². The number of nitrogens with one attached hydrogen (secondary N) is 1. The summed E-state index contributed by atoms with van der Waals surface area (Å²) in [5.41, 5.74) is 1.36. The zero-order valence-electron chi connectivity index (χ0n) is 16.0. The van der Waals surface area contributed by atoms with E-state index in [-0.39, 0.29) is 29.5 Å². The maximum Gasteiger partial charge on any atom is 0.422 e. The van der Waals surface area contributed by atoms with Crippen LogP contribution in [0.15, 0.2) is 30.5 Å². The van der Waals surface area contributed by atoms with Gasteiger partial charge in [0.15, 0.2) is 6.61 Å². The van der Waals surface area contributed by atoms with Gasteiger partial charge in [0.1, 0.15) is 11.3 Å². The van der Waals surface area contributed by atoms with Crippen molar-refractivity contribution in [1.29, 1.82) is 0 Å². The minimum atomic E-state index is -4.51. The number of amides is 1. The molecule has 1 amide bonds. The molecule has 0 aliphatic rings. The highest BCUT2D eigenvalue weighted by Gasteiger charge is 2.29. The number of carbonyl (C=O) groups is 2. The van der Waals surface area contributed by atoms with Crippen LogP contribution in [-0.2, 0) is 11.2 Å². The Labute approximate surface area is 165 Å². The van der Waals surface area contributed by atoms with Gasteiger partial charge in [-0.3, -0.25) is 14.6 Å². The highest BCUT2D eigenvalue weighted by Crippen LogP contribution is 2.23. The van der Waals surface area contributed by atoms with Gasteiger partial charge in [-0.15, -0.1) is 0 Å². The quantitative estimate of drug-likeness (QED) is 0.718. The molecule has 0 saturated heterocycles. The molecule has 0 aliphatic carbocycles. The first-order valence-corrected chi connectivity index (χ1v) is 8.58. The monoisotopic (exact) mass is 411 g/mol. The van der Waals surface area contributed by atoms with E-state index >= 15 is 0 Å². The van der Waals surface area contributed by atoms with Crippen LogP contribution in [-0.4, -0.2) is 41.6 Å². The lowest BCUT2D eigenvalue weighted by molar-refractivity contribution is -0.154. The molecule has 1 unspecified atom stereocenters. The van der Waals surface area contributed by atoms with Crippen molar-refractivity contribution in [2.75, 3.05) is 13.7 Å². The smallest absolute Gasteiger partial charge is 0.422 e. The Morgan fingerprint density at radius 2 is 1.97 bits per heavy atom. The van der Waals surface area contributed by atoms with Crippen LogP contribution in [0.1, 0.15) is 41.5 Å². The van der Waals surface area contributed by atoms with Gasteiger partial charge in [-0.05, 0) is 37.6 Å². The van der Waals surface area contributed by atoms with Crippen molar-refractivity contribution < 1.29 is 32.2 Å². The lowest BCUT2D eigenvalue weighted by Gasteiger charge is -2.16. The van der Waals surface area contributed by atoms with Crippen molar-refractivity contribution in [2.45, 2.75) is 32.5 Å². The molecule has 156 valence electrons. The second kappa shape index (κ2) is 9.35. The molecule has 0 aromatic carbocycles. The summed E-state index contributed by atoms with van der Waals surface area (Å²) in [5.74, 6) is -1.04. The zero-order chi connectivity index (χ0) is 21.6. The van der Waals surface area contributed by atoms with E-state index in [4.69, 9.17) is 4.74 Å². The Kier molecular flexibility index (Phi) is 7.13. The molecule has 2 heterocycles. The summed E-state index contributed by atoms with van der Waals surface area (Å²) in [5, 5.41) is 2.75. The van der Waals surface area contributed by atoms with Gasteiger partial charge in [-0.2, -0.15) is 18.2 Å². The van der Waals surface area contributed by atoms with Crippen LogP contribution in [0.3, 0.4) is 0 Å². The van der Waals surface area contributed by atoms with E-state index in [0.29, 0.717) is 5.69 Å². The van der Waals surface area contributed by atoms with E-state index in [2.05, 4.69) is 20.0 Å². The fraction of sp³-hybridized carbons (Fsp3) is 0.368.